The van der Waals surface area contributed by atoms with Crippen molar-refractivity contribution in [1.29, 1.82) is 0 Å². The zero-order valence-corrected chi connectivity index (χ0v) is 10.4. The van der Waals surface area contributed by atoms with Crippen LogP contribution < -0.4 is 5.32 Å². The van der Waals surface area contributed by atoms with E-state index in [0.717, 1.165) is 12.0 Å². The summed E-state index contributed by atoms with van der Waals surface area (Å²) in [6.45, 7) is 4.02. The summed E-state index contributed by atoms with van der Waals surface area (Å²) in [5.41, 5.74) is 1.55. The van der Waals surface area contributed by atoms with Gasteiger partial charge in [-0.3, -0.25) is 4.79 Å². The van der Waals surface area contributed by atoms with E-state index >= 15 is 0 Å². The molecular weight excluding hydrogens is 216 g/mol. The van der Waals surface area contributed by atoms with Gasteiger partial charge in [-0.05, 0) is 31.0 Å². The predicted octanol–water partition coefficient (Wildman–Crippen LogP) is 2.20. The topological polar surface area (TPSA) is 50.7 Å². The van der Waals surface area contributed by atoms with Gasteiger partial charge in [0.2, 0.25) is 0 Å². The Morgan fingerprint density at radius 3 is 2.65 bits per heavy atom. The number of carbonyl (C=O) groups excluding carboxylic acids is 1. The van der Waals surface area contributed by atoms with Crippen molar-refractivity contribution in [3.8, 4) is 0 Å². The summed E-state index contributed by atoms with van der Waals surface area (Å²) >= 11 is 0. The Balaban J connectivity index is 2.67. The van der Waals surface area contributed by atoms with Crippen LogP contribution in [0.1, 0.15) is 36.2 Å². The van der Waals surface area contributed by atoms with Crippen molar-refractivity contribution >= 4 is 12.1 Å². The molecule has 92 valence electrons. The minimum atomic E-state index is -0.0467. The second-order valence-electron chi connectivity index (χ2n) is 3.82. The molecular formula is C13H18N2O2. The van der Waals surface area contributed by atoms with Crippen molar-refractivity contribution in [3.63, 3.8) is 0 Å². The third kappa shape index (κ3) is 4.26. The quantitative estimate of drug-likeness (QED) is 0.627. The van der Waals surface area contributed by atoms with Gasteiger partial charge in [0.25, 0.3) is 5.91 Å². The largest absolute Gasteiger partial charge is 0.399 e. The van der Waals surface area contributed by atoms with Gasteiger partial charge in [-0.1, -0.05) is 24.2 Å². The van der Waals surface area contributed by atoms with Crippen molar-refractivity contribution in [1.82, 2.24) is 5.32 Å². The fraction of sp³-hybridized carbons (Fsp3) is 0.385. The molecule has 0 spiro atoms. The fourth-order valence-corrected chi connectivity index (χ4v) is 1.24. The minimum absolute atomic E-state index is 0.0467. The summed E-state index contributed by atoms with van der Waals surface area (Å²) in [6.07, 6.45) is 2.51. The summed E-state index contributed by atoms with van der Waals surface area (Å²) in [7, 11) is 1.49. The summed E-state index contributed by atoms with van der Waals surface area (Å²) < 4.78 is 0. The van der Waals surface area contributed by atoms with Crippen LogP contribution in [0.4, 0.5) is 0 Å². The van der Waals surface area contributed by atoms with E-state index in [1.807, 2.05) is 26.0 Å². The van der Waals surface area contributed by atoms with Crippen LogP contribution in [0.15, 0.2) is 29.4 Å². The van der Waals surface area contributed by atoms with Crippen LogP contribution >= 0.6 is 0 Å². The van der Waals surface area contributed by atoms with E-state index in [4.69, 9.17) is 0 Å². The number of hydrogen-bond acceptors (Lipinski definition) is 3. The third-order valence-electron chi connectivity index (χ3n) is 2.47. The lowest BCUT2D eigenvalue weighted by Crippen LogP contribution is -2.31. The number of nitrogens with one attached hydrogen (secondary N) is 1. The number of benzene rings is 1. The van der Waals surface area contributed by atoms with Crippen molar-refractivity contribution in [2.24, 2.45) is 5.16 Å². The van der Waals surface area contributed by atoms with Crippen molar-refractivity contribution in [2.45, 2.75) is 26.3 Å². The molecule has 1 atom stereocenters. The van der Waals surface area contributed by atoms with E-state index in [1.54, 1.807) is 18.3 Å². The molecule has 0 fully saturated rings. The molecule has 0 aliphatic carbocycles. The molecule has 4 heteroatoms. The molecule has 4 nitrogen and oxygen atoms in total. The molecule has 0 bridgehead atoms. The van der Waals surface area contributed by atoms with Crippen molar-refractivity contribution in [3.05, 3.63) is 35.4 Å². The molecule has 0 aliphatic heterocycles. The maximum atomic E-state index is 11.8. The number of nitrogens with zero attached hydrogens (tertiary/aromatic N) is 1. The third-order valence-corrected chi connectivity index (χ3v) is 2.47. The summed E-state index contributed by atoms with van der Waals surface area (Å²) in [5, 5.41) is 6.56. The van der Waals surface area contributed by atoms with Crippen molar-refractivity contribution in [2.75, 3.05) is 7.11 Å². The summed E-state index contributed by atoms with van der Waals surface area (Å²) in [4.78, 5) is 16.4. The van der Waals surface area contributed by atoms with Gasteiger partial charge in [0.1, 0.15) is 7.11 Å². The average molecular weight is 234 g/mol. The van der Waals surface area contributed by atoms with E-state index in [9.17, 15) is 4.79 Å². The molecule has 0 aliphatic rings. The Kier molecular flexibility index (Phi) is 5.20. The Morgan fingerprint density at radius 2 is 2.12 bits per heavy atom. The van der Waals surface area contributed by atoms with Gasteiger partial charge >= 0.3 is 0 Å². The van der Waals surface area contributed by atoms with Crippen LogP contribution in [0.25, 0.3) is 0 Å². The molecule has 0 saturated heterocycles. The minimum Gasteiger partial charge on any atom is -0.399 e. The van der Waals surface area contributed by atoms with Gasteiger partial charge in [0.15, 0.2) is 0 Å². The van der Waals surface area contributed by atoms with Gasteiger partial charge in [-0.15, -0.1) is 0 Å². The highest BCUT2D eigenvalue weighted by atomic mass is 16.6. The van der Waals surface area contributed by atoms with Gasteiger partial charge in [0, 0.05) is 11.6 Å². The first kappa shape index (κ1) is 13.2. The molecule has 0 aromatic heterocycles. The molecule has 0 radical (unpaired) electrons. The SMILES string of the molecule is CCC(C)NC(=O)c1ccc(/C=N/OC)cc1. The first-order valence-electron chi connectivity index (χ1n) is 5.64. The average Bonchev–Trinajstić information content (AvgIpc) is 2.36. The Labute approximate surface area is 102 Å². The van der Waals surface area contributed by atoms with Crippen LogP contribution in [0.3, 0.4) is 0 Å². The summed E-state index contributed by atoms with van der Waals surface area (Å²) in [6, 6.07) is 7.39. The molecule has 1 aromatic rings. The van der Waals surface area contributed by atoms with Crippen LogP contribution in [-0.4, -0.2) is 25.3 Å². The fourth-order valence-electron chi connectivity index (χ4n) is 1.24. The molecule has 1 unspecified atom stereocenters. The van der Waals surface area contributed by atoms with E-state index in [1.165, 1.54) is 7.11 Å². The summed E-state index contributed by atoms with van der Waals surface area (Å²) in [5.74, 6) is -0.0467. The predicted molar refractivity (Wildman–Crippen MR) is 68.3 cm³/mol. The number of carbonyl (C=O) groups is 1. The molecule has 1 amide bonds. The monoisotopic (exact) mass is 234 g/mol. The molecule has 0 heterocycles. The second-order valence-corrected chi connectivity index (χ2v) is 3.82. The zero-order chi connectivity index (χ0) is 12.7. The Hall–Kier alpha value is -1.84. The highest BCUT2D eigenvalue weighted by Gasteiger charge is 2.07. The van der Waals surface area contributed by atoms with E-state index in [0.29, 0.717) is 5.56 Å². The highest BCUT2D eigenvalue weighted by molar-refractivity contribution is 5.95. The van der Waals surface area contributed by atoms with Crippen LogP contribution in [0, 0.1) is 0 Å². The number of rotatable bonds is 5. The lowest BCUT2D eigenvalue weighted by atomic mass is 10.1. The van der Waals surface area contributed by atoms with E-state index < -0.39 is 0 Å². The zero-order valence-electron chi connectivity index (χ0n) is 10.4. The maximum Gasteiger partial charge on any atom is 0.251 e. The van der Waals surface area contributed by atoms with E-state index in [2.05, 4.69) is 15.3 Å². The van der Waals surface area contributed by atoms with Gasteiger partial charge < -0.3 is 10.2 Å². The molecule has 1 aromatic carbocycles. The van der Waals surface area contributed by atoms with Gasteiger partial charge in [-0.25, -0.2) is 0 Å². The first-order valence-corrected chi connectivity index (χ1v) is 5.64. The number of amides is 1. The van der Waals surface area contributed by atoms with Crippen molar-refractivity contribution < 1.29 is 9.63 Å². The molecule has 1 rings (SSSR count). The van der Waals surface area contributed by atoms with Crippen LogP contribution in [0.2, 0.25) is 0 Å². The van der Waals surface area contributed by atoms with Gasteiger partial charge in [0.05, 0.1) is 6.21 Å². The molecule has 17 heavy (non-hydrogen) atoms. The molecule has 0 saturated carbocycles. The Bertz CT molecular complexity index is 385. The Morgan fingerprint density at radius 1 is 1.47 bits per heavy atom. The van der Waals surface area contributed by atoms with Crippen LogP contribution in [-0.2, 0) is 4.84 Å². The van der Waals surface area contributed by atoms with Gasteiger partial charge in [-0.2, -0.15) is 0 Å². The second kappa shape index (κ2) is 6.68. The highest BCUT2D eigenvalue weighted by Crippen LogP contribution is 2.03. The lowest BCUT2D eigenvalue weighted by molar-refractivity contribution is 0.0939. The maximum absolute atomic E-state index is 11.8. The number of oxime groups is 1. The van der Waals surface area contributed by atoms with E-state index in [-0.39, 0.29) is 11.9 Å². The van der Waals surface area contributed by atoms with Crippen LogP contribution in [0.5, 0.6) is 0 Å². The first-order chi connectivity index (χ1) is 8.17. The number of hydrogen-bond donors (Lipinski definition) is 1. The standard InChI is InChI=1S/C13H18N2O2/c1-4-10(2)15-13(16)12-7-5-11(6-8-12)9-14-17-3/h5-10H,4H2,1-3H3,(H,15,16)/b14-9+. The lowest BCUT2D eigenvalue weighted by Gasteiger charge is -2.11. The smallest absolute Gasteiger partial charge is 0.251 e. The molecule has 1 N–H and O–H groups in total. The normalized spacial score (nSPS) is 12.4.